The Labute approximate surface area is 139 Å². The second-order valence-electron chi connectivity index (χ2n) is 5.06. The molecule has 2 aromatic carbocycles. The van der Waals surface area contributed by atoms with Gasteiger partial charge in [-0.15, -0.1) is 0 Å². The van der Waals surface area contributed by atoms with E-state index in [4.69, 9.17) is 11.6 Å². The number of halogens is 1. The highest BCUT2D eigenvalue weighted by atomic mass is 35.5. The Morgan fingerprint density at radius 3 is 2.30 bits per heavy atom. The van der Waals surface area contributed by atoms with Gasteiger partial charge in [0.1, 0.15) is 4.90 Å². The zero-order valence-corrected chi connectivity index (χ0v) is 13.8. The fourth-order valence-corrected chi connectivity index (χ4v) is 3.16. The number of sulfone groups is 1. The molecule has 0 fully saturated rings. The van der Waals surface area contributed by atoms with Crippen molar-refractivity contribution in [2.24, 2.45) is 0 Å². The normalized spacial score (nSPS) is 11.4. The number of nitrogens with zero attached hydrogens (tertiary/aromatic N) is 2. The maximum absolute atomic E-state index is 12.0. The predicted octanol–water partition coefficient (Wildman–Crippen LogP) is 3.87. The topological polar surface area (TPSA) is 59.9 Å². The molecule has 1 heterocycles. The van der Waals surface area contributed by atoms with Crippen LogP contribution in [0, 0.1) is 0 Å². The first kappa shape index (κ1) is 15.6. The number of benzene rings is 2. The van der Waals surface area contributed by atoms with Gasteiger partial charge < -0.3 is 0 Å². The van der Waals surface area contributed by atoms with Crippen LogP contribution in [0.25, 0.3) is 22.6 Å². The summed E-state index contributed by atoms with van der Waals surface area (Å²) in [6, 6.07) is 16.3. The highest BCUT2D eigenvalue weighted by molar-refractivity contribution is 7.90. The zero-order chi connectivity index (χ0) is 16.4. The van der Waals surface area contributed by atoms with Gasteiger partial charge in [0.05, 0.1) is 11.9 Å². The first-order valence-electron chi connectivity index (χ1n) is 6.83. The van der Waals surface area contributed by atoms with Crippen molar-refractivity contribution in [1.82, 2.24) is 9.97 Å². The standard InChI is InChI=1S/C17H13ClN2O2S/c1-23(21,22)15-11-19-17(12-6-3-2-4-7-12)20-16(15)13-8-5-9-14(18)10-13/h2-11H,1H3. The number of hydrogen-bond donors (Lipinski definition) is 0. The summed E-state index contributed by atoms with van der Waals surface area (Å²) in [5.41, 5.74) is 1.80. The lowest BCUT2D eigenvalue weighted by Crippen LogP contribution is -2.04. The molecule has 3 aromatic rings. The van der Waals surface area contributed by atoms with Crippen LogP contribution in [0.3, 0.4) is 0 Å². The molecule has 0 radical (unpaired) electrons. The smallest absolute Gasteiger partial charge is 0.179 e. The van der Waals surface area contributed by atoms with E-state index in [1.165, 1.54) is 6.20 Å². The van der Waals surface area contributed by atoms with E-state index in [0.717, 1.165) is 11.8 Å². The maximum atomic E-state index is 12.0. The van der Waals surface area contributed by atoms with Crippen molar-refractivity contribution in [1.29, 1.82) is 0 Å². The van der Waals surface area contributed by atoms with Crippen LogP contribution in [-0.2, 0) is 9.84 Å². The SMILES string of the molecule is CS(=O)(=O)c1cnc(-c2ccccc2)nc1-c1cccc(Cl)c1. The molecule has 0 saturated heterocycles. The van der Waals surface area contributed by atoms with Gasteiger partial charge >= 0.3 is 0 Å². The first-order valence-corrected chi connectivity index (χ1v) is 9.10. The van der Waals surface area contributed by atoms with Crippen molar-refractivity contribution in [2.75, 3.05) is 6.26 Å². The Morgan fingerprint density at radius 2 is 1.65 bits per heavy atom. The summed E-state index contributed by atoms with van der Waals surface area (Å²) in [4.78, 5) is 8.76. The lowest BCUT2D eigenvalue weighted by molar-refractivity contribution is 0.601. The molecule has 1 aromatic heterocycles. The molecule has 4 nitrogen and oxygen atoms in total. The van der Waals surface area contributed by atoms with Crippen LogP contribution in [0.5, 0.6) is 0 Å². The van der Waals surface area contributed by atoms with E-state index in [1.54, 1.807) is 24.3 Å². The van der Waals surface area contributed by atoms with Crippen molar-refractivity contribution in [3.63, 3.8) is 0 Å². The Morgan fingerprint density at radius 1 is 0.957 bits per heavy atom. The minimum Gasteiger partial charge on any atom is -0.235 e. The summed E-state index contributed by atoms with van der Waals surface area (Å²) in [5.74, 6) is 0.466. The lowest BCUT2D eigenvalue weighted by atomic mass is 10.1. The minimum absolute atomic E-state index is 0.0828. The molecular weight excluding hydrogens is 332 g/mol. The Bertz CT molecular complexity index is 957. The van der Waals surface area contributed by atoms with E-state index in [-0.39, 0.29) is 4.90 Å². The van der Waals surface area contributed by atoms with Gasteiger partial charge in [-0.05, 0) is 12.1 Å². The van der Waals surface area contributed by atoms with Crippen molar-refractivity contribution in [3.8, 4) is 22.6 Å². The second-order valence-corrected chi connectivity index (χ2v) is 7.48. The van der Waals surface area contributed by atoms with Gasteiger partial charge in [-0.2, -0.15) is 0 Å². The molecule has 3 rings (SSSR count). The van der Waals surface area contributed by atoms with Gasteiger partial charge in [0.25, 0.3) is 0 Å². The molecule has 0 spiro atoms. The minimum atomic E-state index is -3.46. The van der Waals surface area contributed by atoms with Crippen LogP contribution in [0.2, 0.25) is 5.02 Å². The van der Waals surface area contributed by atoms with E-state index >= 15 is 0 Å². The molecule has 0 saturated carbocycles. The van der Waals surface area contributed by atoms with Crippen molar-refractivity contribution in [2.45, 2.75) is 4.90 Å². The maximum Gasteiger partial charge on any atom is 0.179 e. The quantitative estimate of drug-likeness (QED) is 0.723. The summed E-state index contributed by atoms with van der Waals surface area (Å²) < 4.78 is 24.1. The van der Waals surface area contributed by atoms with Gasteiger partial charge in [0, 0.05) is 22.4 Å². The zero-order valence-electron chi connectivity index (χ0n) is 12.3. The molecule has 116 valence electrons. The van der Waals surface area contributed by atoms with Gasteiger partial charge in [-0.1, -0.05) is 54.1 Å². The monoisotopic (exact) mass is 344 g/mol. The van der Waals surface area contributed by atoms with E-state index in [9.17, 15) is 8.42 Å². The van der Waals surface area contributed by atoms with E-state index < -0.39 is 9.84 Å². The van der Waals surface area contributed by atoms with E-state index in [0.29, 0.717) is 22.1 Å². The molecule has 23 heavy (non-hydrogen) atoms. The summed E-state index contributed by atoms with van der Waals surface area (Å²) in [5, 5.41) is 0.516. The third-order valence-corrected chi connectivity index (χ3v) is 4.62. The van der Waals surface area contributed by atoms with Crippen LogP contribution in [0.1, 0.15) is 0 Å². The Hall–Kier alpha value is -2.24. The Kier molecular flexibility index (Phi) is 4.15. The fraction of sp³-hybridized carbons (Fsp3) is 0.0588. The average molecular weight is 345 g/mol. The lowest BCUT2D eigenvalue weighted by Gasteiger charge is -2.09. The molecular formula is C17H13ClN2O2S. The van der Waals surface area contributed by atoms with E-state index in [2.05, 4.69) is 9.97 Å². The largest absolute Gasteiger partial charge is 0.235 e. The van der Waals surface area contributed by atoms with Crippen molar-refractivity contribution < 1.29 is 8.42 Å². The summed E-state index contributed by atoms with van der Waals surface area (Å²) in [6.45, 7) is 0. The third-order valence-electron chi connectivity index (χ3n) is 3.28. The van der Waals surface area contributed by atoms with Crippen LogP contribution in [-0.4, -0.2) is 24.6 Å². The molecule has 0 N–H and O–H groups in total. The molecule has 0 atom stereocenters. The average Bonchev–Trinajstić information content (AvgIpc) is 2.54. The van der Waals surface area contributed by atoms with Gasteiger partial charge in [0.15, 0.2) is 15.7 Å². The predicted molar refractivity (Wildman–Crippen MR) is 91.0 cm³/mol. The number of hydrogen-bond acceptors (Lipinski definition) is 4. The van der Waals surface area contributed by atoms with Crippen molar-refractivity contribution >= 4 is 21.4 Å². The van der Waals surface area contributed by atoms with Gasteiger partial charge in [-0.3, -0.25) is 0 Å². The van der Waals surface area contributed by atoms with E-state index in [1.807, 2.05) is 30.3 Å². The van der Waals surface area contributed by atoms with Gasteiger partial charge in [0.2, 0.25) is 0 Å². The first-order chi connectivity index (χ1) is 10.9. The summed E-state index contributed by atoms with van der Waals surface area (Å²) >= 11 is 6.03. The van der Waals surface area contributed by atoms with Crippen LogP contribution in [0.15, 0.2) is 65.7 Å². The molecule has 0 unspecified atom stereocenters. The summed E-state index contributed by atoms with van der Waals surface area (Å²) in [7, 11) is -3.46. The number of aromatic nitrogens is 2. The molecule has 6 heteroatoms. The molecule has 0 amide bonds. The highest BCUT2D eigenvalue weighted by Crippen LogP contribution is 2.29. The third kappa shape index (κ3) is 3.41. The highest BCUT2D eigenvalue weighted by Gasteiger charge is 2.18. The summed E-state index contributed by atoms with van der Waals surface area (Å²) in [6.07, 6.45) is 2.49. The van der Waals surface area contributed by atoms with Gasteiger partial charge in [-0.25, -0.2) is 18.4 Å². The van der Waals surface area contributed by atoms with Crippen LogP contribution >= 0.6 is 11.6 Å². The molecule has 0 bridgehead atoms. The fourth-order valence-electron chi connectivity index (χ4n) is 2.21. The molecule has 0 aliphatic rings. The number of rotatable bonds is 3. The molecule has 0 aliphatic carbocycles. The molecule has 0 aliphatic heterocycles. The Balaban J connectivity index is 2.26. The van der Waals surface area contributed by atoms with Crippen molar-refractivity contribution in [3.05, 3.63) is 65.8 Å². The van der Waals surface area contributed by atoms with Crippen LogP contribution in [0.4, 0.5) is 0 Å². The second kappa shape index (κ2) is 6.10. The van der Waals surface area contributed by atoms with Crippen LogP contribution < -0.4 is 0 Å².